The molecule has 1 heterocycles. The van der Waals surface area contributed by atoms with E-state index in [1.807, 2.05) is 12.3 Å². The molecule has 1 aliphatic rings. The summed E-state index contributed by atoms with van der Waals surface area (Å²) in [7, 11) is 0. The summed E-state index contributed by atoms with van der Waals surface area (Å²) in [6.07, 6.45) is 5.12. The van der Waals surface area contributed by atoms with Gasteiger partial charge >= 0.3 is 0 Å². The van der Waals surface area contributed by atoms with Gasteiger partial charge in [-0.05, 0) is 48.6 Å². The van der Waals surface area contributed by atoms with Crippen molar-refractivity contribution in [2.24, 2.45) is 0 Å². The summed E-state index contributed by atoms with van der Waals surface area (Å²) >= 11 is 1.56. The molecule has 100 valence electrons. The first-order valence-corrected chi connectivity index (χ1v) is 8.06. The largest absolute Gasteiger partial charge is 0.245 e. The molecule has 2 nitrogen and oxygen atoms in total. The fourth-order valence-electron chi connectivity index (χ4n) is 2.89. The molecule has 3 heteroatoms. The zero-order chi connectivity index (χ0) is 13.9. The van der Waals surface area contributed by atoms with Crippen LogP contribution in [0.4, 0.5) is 0 Å². The summed E-state index contributed by atoms with van der Waals surface area (Å²) in [4.78, 5) is 4.67. The van der Waals surface area contributed by atoms with Crippen molar-refractivity contribution in [3.8, 4) is 6.07 Å². The molecule has 1 atom stereocenters. The maximum absolute atomic E-state index is 9.23. The second kappa shape index (κ2) is 5.68. The number of nitriles is 1. The van der Waals surface area contributed by atoms with Crippen LogP contribution < -0.4 is 0 Å². The van der Waals surface area contributed by atoms with E-state index < -0.39 is 0 Å². The summed E-state index contributed by atoms with van der Waals surface area (Å²) in [6, 6.07) is 15.0. The molecule has 0 bridgehead atoms. The predicted molar refractivity (Wildman–Crippen MR) is 81.9 cm³/mol. The second-order valence-corrected chi connectivity index (χ2v) is 5.91. The number of hydrogen-bond acceptors (Lipinski definition) is 3. The van der Waals surface area contributed by atoms with Gasteiger partial charge in [0, 0.05) is 5.69 Å². The first-order valence-electron chi connectivity index (χ1n) is 6.83. The molecule has 0 spiro atoms. The van der Waals surface area contributed by atoms with Gasteiger partial charge in [0.15, 0.2) is 0 Å². The second-order valence-electron chi connectivity index (χ2n) is 5.11. The van der Waals surface area contributed by atoms with E-state index in [9.17, 15) is 5.26 Å². The molecule has 0 aliphatic heterocycles. The summed E-state index contributed by atoms with van der Waals surface area (Å²) < 4.78 is 0. The van der Waals surface area contributed by atoms with Gasteiger partial charge in [-0.25, -0.2) is 4.98 Å². The zero-order valence-corrected chi connectivity index (χ0v) is 12.3. The lowest BCUT2D eigenvalue weighted by molar-refractivity contribution is 0.570. The van der Waals surface area contributed by atoms with E-state index in [0.717, 1.165) is 24.3 Å². The third-order valence-electron chi connectivity index (χ3n) is 3.94. The minimum absolute atomic E-state index is 0.553. The third kappa shape index (κ3) is 2.44. The van der Waals surface area contributed by atoms with Gasteiger partial charge < -0.3 is 0 Å². The number of rotatable bonds is 2. The molecule has 1 aliphatic carbocycles. The van der Waals surface area contributed by atoms with Crippen molar-refractivity contribution in [3.05, 3.63) is 58.8 Å². The van der Waals surface area contributed by atoms with Crippen LogP contribution in [0.25, 0.3) is 0 Å². The molecule has 0 saturated carbocycles. The van der Waals surface area contributed by atoms with Gasteiger partial charge in [-0.2, -0.15) is 5.26 Å². The van der Waals surface area contributed by atoms with Crippen molar-refractivity contribution in [1.82, 2.24) is 4.98 Å². The number of pyridine rings is 1. The van der Waals surface area contributed by atoms with Crippen LogP contribution in [0, 0.1) is 11.3 Å². The lowest BCUT2D eigenvalue weighted by atomic mass is 9.82. The van der Waals surface area contributed by atoms with Crippen LogP contribution in [0.1, 0.15) is 34.7 Å². The maximum Gasteiger partial charge on any atom is 0.114 e. The fraction of sp³-hybridized carbons (Fsp3) is 0.294. The number of nitrogens with zero attached hydrogens (tertiary/aromatic N) is 2. The summed E-state index contributed by atoms with van der Waals surface area (Å²) in [5.41, 5.74) is 4.54. The first-order chi connectivity index (χ1) is 9.81. The Hall–Kier alpha value is -1.79. The topological polar surface area (TPSA) is 36.7 Å². The highest BCUT2D eigenvalue weighted by molar-refractivity contribution is 7.98. The lowest BCUT2D eigenvalue weighted by Gasteiger charge is -2.25. The molecule has 0 N–H and O–H groups in total. The van der Waals surface area contributed by atoms with E-state index in [0.29, 0.717) is 11.5 Å². The van der Waals surface area contributed by atoms with Crippen LogP contribution in [0.2, 0.25) is 0 Å². The summed E-state index contributed by atoms with van der Waals surface area (Å²) in [5, 5.41) is 10.1. The molecule has 1 unspecified atom stereocenters. The molecule has 3 rings (SSSR count). The van der Waals surface area contributed by atoms with Crippen LogP contribution in [0.5, 0.6) is 0 Å². The molecular formula is C17H16N2S. The SMILES string of the molecule is CSc1nc2c(cc1C#N)CC(c1ccccc1)CC2. The molecule has 0 saturated heterocycles. The highest BCUT2D eigenvalue weighted by atomic mass is 32.2. The Kier molecular flexibility index (Phi) is 3.75. The molecule has 0 fully saturated rings. The molecule has 1 aromatic heterocycles. The van der Waals surface area contributed by atoms with Crippen LogP contribution in [0.15, 0.2) is 41.4 Å². The van der Waals surface area contributed by atoms with Crippen LogP contribution in [-0.4, -0.2) is 11.2 Å². The van der Waals surface area contributed by atoms with Crippen molar-refractivity contribution in [2.45, 2.75) is 30.2 Å². The predicted octanol–water partition coefficient (Wildman–Crippen LogP) is 3.95. The Balaban J connectivity index is 1.94. The van der Waals surface area contributed by atoms with E-state index in [1.165, 1.54) is 16.8 Å². The molecular weight excluding hydrogens is 264 g/mol. The van der Waals surface area contributed by atoms with Crippen molar-refractivity contribution in [2.75, 3.05) is 6.26 Å². The molecule has 20 heavy (non-hydrogen) atoms. The van der Waals surface area contributed by atoms with Crippen LogP contribution in [0.3, 0.4) is 0 Å². The van der Waals surface area contributed by atoms with Crippen molar-refractivity contribution in [3.63, 3.8) is 0 Å². The Morgan fingerprint density at radius 2 is 2.10 bits per heavy atom. The zero-order valence-electron chi connectivity index (χ0n) is 11.5. The van der Waals surface area contributed by atoms with Gasteiger partial charge in [-0.3, -0.25) is 0 Å². The Bertz CT molecular complexity index is 659. The maximum atomic E-state index is 9.23. The summed E-state index contributed by atoms with van der Waals surface area (Å²) in [6.45, 7) is 0. The van der Waals surface area contributed by atoms with Gasteiger partial charge in [-0.1, -0.05) is 30.3 Å². The number of fused-ring (bicyclic) bond motifs is 1. The number of aromatic nitrogens is 1. The van der Waals surface area contributed by atoms with Crippen molar-refractivity contribution in [1.29, 1.82) is 5.26 Å². The minimum Gasteiger partial charge on any atom is -0.245 e. The van der Waals surface area contributed by atoms with Gasteiger partial charge in [0.1, 0.15) is 11.1 Å². The highest BCUT2D eigenvalue weighted by Gasteiger charge is 2.22. The van der Waals surface area contributed by atoms with Crippen molar-refractivity contribution >= 4 is 11.8 Å². The molecule has 0 radical (unpaired) electrons. The van der Waals surface area contributed by atoms with E-state index in [2.05, 4.69) is 41.4 Å². The Morgan fingerprint density at radius 1 is 1.30 bits per heavy atom. The Labute approximate surface area is 123 Å². The average Bonchev–Trinajstić information content (AvgIpc) is 2.53. The normalized spacial score (nSPS) is 17.3. The van der Waals surface area contributed by atoms with Crippen LogP contribution >= 0.6 is 11.8 Å². The smallest absolute Gasteiger partial charge is 0.114 e. The van der Waals surface area contributed by atoms with Gasteiger partial charge in [0.25, 0.3) is 0 Å². The number of thioether (sulfide) groups is 1. The molecule has 0 amide bonds. The van der Waals surface area contributed by atoms with E-state index in [1.54, 1.807) is 11.8 Å². The quantitative estimate of drug-likeness (QED) is 0.782. The van der Waals surface area contributed by atoms with E-state index in [4.69, 9.17) is 0 Å². The average molecular weight is 280 g/mol. The minimum atomic E-state index is 0.553. The lowest BCUT2D eigenvalue weighted by Crippen LogP contribution is -2.15. The third-order valence-corrected chi connectivity index (χ3v) is 4.63. The fourth-order valence-corrected chi connectivity index (χ4v) is 3.42. The number of aryl methyl sites for hydroxylation is 1. The van der Waals surface area contributed by atoms with E-state index >= 15 is 0 Å². The summed E-state index contributed by atoms with van der Waals surface area (Å²) in [5.74, 6) is 0.553. The van der Waals surface area contributed by atoms with E-state index in [-0.39, 0.29) is 0 Å². The number of hydrogen-bond donors (Lipinski definition) is 0. The van der Waals surface area contributed by atoms with Crippen molar-refractivity contribution < 1.29 is 0 Å². The first kappa shape index (κ1) is 13.2. The monoisotopic (exact) mass is 280 g/mol. The Morgan fingerprint density at radius 3 is 2.80 bits per heavy atom. The molecule has 2 aromatic rings. The van der Waals surface area contributed by atoms with Crippen LogP contribution in [-0.2, 0) is 12.8 Å². The highest BCUT2D eigenvalue weighted by Crippen LogP contribution is 2.33. The van der Waals surface area contributed by atoms with Gasteiger partial charge in [0.2, 0.25) is 0 Å². The standard InChI is InChI=1S/C17H16N2S/c1-20-17-15(11-18)10-14-9-13(7-8-16(14)19-17)12-5-3-2-4-6-12/h2-6,10,13H,7-9H2,1H3. The van der Waals surface area contributed by atoms with Gasteiger partial charge in [0.05, 0.1) is 5.56 Å². The number of benzene rings is 1. The molecule has 1 aromatic carbocycles. The van der Waals surface area contributed by atoms with Gasteiger partial charge in [-0.15, -0.1) is 11.8 Å².